The summed E-state index contributed by atoms with van der Waals surface area (Å²) in [6.07, 6.45) is 6.38. The molecule has 0 aliphatic carbocycles. The van der Waals surface area contributed by atoms with Crippen LogP contribution in [-0.4, -0.2) is 139 Å². The van der Waals surface area contributed by atoms with E-state index in [1.807, 2.05) is 176 Å². The van der Waals surface area contributed by atoms with Crippen LogP contribution in [0.1, 0.15) is 64.5 Å². The number of alkyl halides is 1. The minimum absolute atomic E-state index is 0.143. The lowest BCUT2D eigenvalue weighted by Crippen LogP contribution is -2.18. The van der Waals surface area contributed by atoms with Gasteiger partial charge in [-0.1, -0.05) is 46.3 Å². The van der Waals surface area contributed by atoms with Crippen molar-refractivity contribution in [3.05, 3.63) is 237 Å². The summed E-state index contributed by atoms with van der Waals surface area (Å²) in [5.41, 5.74) is 23.1. The van der Waals surface area contributed by atoms with Gasteiger partial charge in [-0.15, -0.1) is 0 Å². The number of anilines is 12. The highest BCUT2D eigenvalue weighted by molar-refractivity contribution is 14.1. The molecule has 8 heterocycles. The number of benzene rings is 6. The van der Waals surface area contributed by atoms with E-state index in [2.05, 4.69) is 94.4 Å². The number of rotatable bonds is 14. The van der Waals surface area contributed by atoms with Crippen molar-refractivity contribution in [3.8, 4) is 0 Å². The molecule has 10 N–H and O–H groups in total. The number of nitrogens with zero attached hydrogens (tertiary/aromatic N) is 12. The van der Waals surface area contributed by atoms with Crippen molar-refractivity contribution >= 4 is 205 Å². The van der Waals surface area contributed by atoms with E-state index in [4.69, 9.17) is 75.5 Å². The Morgan fingerprint density at radius 1 is 0.384 bits per heavy atom. The number of furan rings is 4. The smallest absolute Gasteiger partial charge is 0.255 e. The molecule has 0 saturated heterocycles. The van der Waals surface area contributed by atoms with Gasteiger partial charge in [-0.3, -0.25) is 19.2 Å². The first-order valence-electron chi connectivity index (χ1n) is 34.0. The molecule has 0 aliphatic heterocycles. The maximum absolute atomic E-state index is 12.2. The lowest BCUT2D eigenvalue weighted by Gasteiger charge is -2.19. The number of hydrogen-bond donors (Lipinski definition) is 8. The van der Waals surface area contributed by atoms with E-state index < -0.39 is 0 Å². The molecule has 4 amide bonds. The molecule has 28 nitrogen and oxygen atoms in total. The number of hydrogen-bond acceptors (Lipinski definition) is 24. The van der Waals surface area contributed by atoms with Gasteiger partial charge in [0.05, 0.1) is 22.3 Å². The third-order valence-corrected chi connectivity index (χ3v) is 17.2. The number of amides is 4. The number of nitrogens with two attached hydrogens (primary N) is 2. The van der Waals surface area contributed by atoms with Gasteiger partial charge in [0.1, 0.15) is 68.0 Å². The number of nitrogen functional groups attached to an aromatic ring is 2. The van der Waals surface area contributed by atoms with Gasteiger partial charge >= 0.3 is 0 Å². The third-order valence-electron chi connectivity index (χ3n) is 16.5. The monoisotopic (exact) mass is 1710 g/mol. The molecule has 0 bridgehead atoms. The molecule has 33 heteroatoms. The van der Waals surface area contributed by atoms with Crippen LogP contribution in [-0.2, 0) is 0 Å². The normalized spacial score (nSPS) is 10.4. The Kier molecular flexibility index (Phi) is 30.6. The molecule has 0 atom stereocenters. The van der Waals surface area contributed by atoms with E-state index in [1.54, 1.807) is 111 Å². The van der Waals surface area contributed by atoms with Crippen LogP contribution in [0.2, 0.25) is 21.0 Å². The molecule has 14 aromatic rings. The van der Waals surface area contributed by atoms with Gasteiger partial charge in [-0.05, 0) is 177 Å². The molecule has 582 valence electrons. The Morgan fingerprint density at radius 2 is 0.768 bits per heavy atom. The molecular weight excluding hydrogens is 1630 g/mol. The van der Waals surface area contributed by atoms with E-state index in [0.29, 0.717) is 96.1 Å². The van der Waals surface area contributed by atoms with Gasteiger partial charge in [-0.25, -0.2) is 34.9 Å². The topological polar surface area (TPSA) is 361 Å². The van der Waals surface area contributed by atoms with Crippen molar-refractivity contribution in [1.82, 2.24) is 61.1 Å². The van der Waals surface area contributed by atoms with Crippen LogP contribution in [0.5, 0.6) is 0 Å². The first-order valence-corrected chi connectivity index (χ1v) is 37.7. The lowest BCUT2D eigenvalue weighted by molar-refractivity contribution is 0.0954. The van der Waals surface area contributed by atoms with Crippen LogP contribution in [0.25, 0.3) is 43.9 Å². The molecule has 0 spiro atoms. The molecule has 0 aliphatic rings. The van der Waals surface area contributed by atoms with Gasteiger partial charge in [-0.2, -0.15) is 4.98 Å². The van der Waals surface area contributed by atoms with Crippen LogP contribution in [0, 0.1) is 27.7 Å². The van der Waals surface area contributed by atoms with Crippen molar-refractivity contribution in [2.45, 2.75) is 27.7 Å². The Labute approximate surface area is 680 Å². The van der Waals surface area contributed by atoms with Crippen molar-refractivity contribution in [2.75, 3.05) is 117 Å². The van der Waals surface area contributed by atoms with Crippen LogP contribution in [0.15, 0.2) is 188 Å². The van der Waals surface area contributed by atoms with E-state index in [-0.39, 0.29) is 39.5 Å². The molecule has 8 aromatic heterocycles. The molecule has 6 aromatic carbocycles. The average Bonchev–Trinajstić information content (AvgIpc) is 1.64. The summed E-state index contributed by atoms with van der Waals surface area (Å²) in [7, 11) is 18.2. The number of halogens is 5. The summed E-state index contributed by atoms with van der Waals surface area (Å²) in [6, 6.07) is 44.9. The van der Waals surface area contributed by atoms with Crippen molar-refractivity contribution in [3.63, 3.8) is 0 Å². The fourth-order valence-corrected chi connectivity index (χ4v) is 11.6. The summed E-state index contributed by atoms with van der Waals surface area (Å²) >= 11 is 24.5. The molecule has 0 fully saturated rings. The molecule has 0 saturated carbocycles. The lowest BCUT2D eigenvalue weighted by atomic mass is 10.1. The largest absolute Gasteiger partial charge is 0.460 e. The summed E-state index contributed by atoms with van der Waals surface area (Å²) < 4.78 is 22.7. The van der Waals surface area contributed by atoms with E-state index in [9.17, 15) is 19.2 Å². The van der Waals surface area contributed by atoms with Crippen molar-refractivity contribution in [2.24, 2.45) is 0 Å². The van der Waals surface area contributed by atoms with Crippen LogP contribution >= 0.6 is 69.0 Å². The quantitative estimate of drug-likeness (QED) is 0.0165. The Balaban J connectivity index is 0.000000176. The van der Waals surface area contributed by atoms with Crippen LogP contribution in [0.4, 0.5) is 68.9 Å². The van der Waals surface area contributed by atoms with Crippen LogP contribution in [0.3, 0.4) is 0 Å². The van der Waals surface area contributed by atoms with Gasteiger partial charge in [0.2, 0.25) is 21.8 Å². The minimum Gasteiger partial charge on any atom is -0.460 e. The Bertz CT molecular complexity index is 5600. The zero-order valence-electron chi connectivity index (χ0n) is 63.8. The zero-order valence-corrected chi connectivity index (χ0v) is 69.0. The third kappa shape index (κ3) is 22.1. The van der Waals surface area contributed by atoms with Crippen molar-refractivity contribution in [1.29, 1.82) is 0 Å². The van der Waals surface area contributed by atoms with E-state index in [1.165, 1.54) is 6.20 Å². The second-order valence-electron chi connectivity index (χ2n) is 24.4. The number of carbonyl (C=O) groups excluding carboxylic acids is 4. The minimum atomic E-state index is -0.167. The van der Waals surface area contributed by atoms with Gasteiger partial charge in [0.25, 0.3) is 23.6 Å². The molecule has 14 rings (SSSR count). The maximum Gasteiger partial charge on any atom is 0.255 e. The van der Waals surface area contributed by atoms with E-state index >= 15 is 0 Å². The number of aromatic nitrogens is 8. The molecule has 112 heavy (non-hydrogen) atoms. The zero-order chi connectivity index (χ0) is 81.6. The highest BCUT2D eigenvalue weighted by Crippen LogP contribution is 2.35. The average molecular weight is 1710 g/mol. The molecule has 0 unspecified atom stereocenters. The fraction of sp³-hybridized carbons (Fsp3) is 0.190. The summed E-state index contributed by atoms with van der Waals surface area (Å²) in [4.78, 5) is 89.7. The fourth-order valence-electron chi connectivity index (χ4n) is 11.0. The summed E-state index contributed by atoms with van der Waals surface area (Å²) in [5.74, 6) is 4.20. The highest BCUT2D eigenvalue weighted by atomic mass is 127. The number of fused-ring (bicyclic) bond motifs is 4. The van der Waals surface area contributed by atoms with Gasteiger partial charge in [0, 0.05) is 187 Å². The maximum atomic E-state index is 12.2. The standard InChI is InChI=1S/C24H26N6O2.C16H15ClN4O2.C15H13ClN4O2.C11H12N2O2.C8H12N2.C4H2Cl2N2.CH3I/c1-15-22(23(31)25-2)19-10-9-18(14-20(19)32-15)30(5)21-11-12-26-24(28-21)27-16-7-6-8-17(13-16)29(3)4;1-9-14(15(22)18-2)11-5-4-10(8-12(11)23-9)21(3)13-6-7-19-16(17)20-13;1-8-13(14(21)17-2)10-4-3-9(7-11(10)22-8)19-12-5-6-18-15(16)20-12;1-6-10(11(14)13-2)8-4-3-7(12)5-9(8)15-6;1-10(2)8-5-3-4-7(9)6-8;5-3-1-2-7-4(6)8-3;1-2/h6-14H,1-5H3,(H,25,31)(H,26,27,28);4-8H,1-3H3,(H,18,22);3-7H,1-2H3,(H,17,21)(H,18,19,20);3-5H,12H2,1-2H3,(H,13,14);3-6H,9H2,1-2H3;1-2H;1H3. The summed E-state index contributed by atoms with van der Waals surface area (Å²) in [6.45, 7) is 7.10. The van der Waals surface area contributed by atoms with Gasteiger partial charge < -0.3 is 80.6 Å². The van der Waals surface area contributed by atoms with Gasteiger partial charge in [0.15, 0.2) is 0 Å². The number of carbonyl (C=O) groups is 4. The second kappa shape index (κ2) is 40.1. The van der Waals surface area contributed by atoms with Crippen molar-refractivity contribution < 1.29 is 36.8 Å². The number of aryl methyl sites for hydroxylation is 4. The van der Waals surface area contributed by atoms with E-state index in [0.717, 1.165) is 67.2 Å². The first-order chi connectivity index (χ1) is 53.6. The SMILES string of the molecule is CI.CN(C)c1cccc(N)c1.CNC(=O)c1c(C)oc2cc(N(C)c3ccnc(Cl)n3)ccc12.CNC(=O)c1c(C)oc2cc(N(C)c3ccnc(Nc4cccc(N(C)C)c4)n3)ccc12.CNC(=O)c1c(C)oc2cc(N)ccc12.CNC(=O)c1c(C)oc2cc(Nc3ccnc(Cl)n3)ccc12.Clc1ccnc(Cl)n1. The Morgan fingerprint density at radius 3 is 1.20 bits per heavy atom. The predicted molar refractivity (Wildman–Crippen MR) is 459 cm³/mol. The van der Waals surface area contributed by atoms with Crippen LogP contribution < -0.4 is 63.0 Å². The molecule has 0 radical (unpaired) electrons. The first kappa shape index (κ1) is 85.6. The Hall–Kier alpha value is -12.0. The number of nitrogens with one attached hydrogen (secondary N) is 6. The highest BCUT2D eigenvalue weighted by Gasteiger charge is 2.23. The second-order valence-corrected chi connectivity index (χ2v) is 25.8. The predicted octanol–water partition coefficient (Wildman–Crippen LogP) is 16.9. The summed E-state index contributed by atoms with van der Waals surface area (Å²) in [5, 5.41) is 20.9. The molecular formula is C79H83Cl4IN20O8.